The Morgan fingerprint density at radius 2 is 1.86 bits per heavy atom. The van der Waals surface area contributed by atoms with E-state index in [9.17, 15) is 9.59 Å². The van der Waals surface area contributed by atoms with Crippen molar-refractivity contribution in [3.63, 3.8) is 0 Å². The fourth-order valence-electron chi connectivity index (χ4n) is 1.60. The van der Waals surface area contributed by atoms with Crippen molar-refractivity contribution >= 4 is 18.0 Å². The van der Waals surface area contributed by atoms with Gasteiger partial charge in [0.1, 0.15) is 13.2 Å². The molecule has 0 spiro atoms. The van der Waals surface area contributed by atoms with Crippen LogP contribution in [0.3, 0.4) is 0 Å². The summed E-state index contributed by atoms with van der Waals surface area (Å²) >= 11 is 0. The van der Waals surface area contributed by atoms with Gasteiger partial charge in [-0.1, -0.05) is 36.8 Å². The first-order valence-corrected chi connectivity index (χ1v) is 7.44. The second kappa shape index (κ2) is 8.37. The molecule has 4 nitrogen and oxygen atoms in total. The summed E-state index contributed by atoms with van der Waals surface area (Å²) in [5.41, 5.74) is 1.56. The van der Waals surface area contributed by atoms with Crippen molar-refractivity contribution in [1.82, 2.24) is 0 Å². The summed E-state index contributed by atoms with van der Waals surface area (Å²) in [5, 5.41) is 0. The standard InChI is InChI=1S/C18H24O4/c1-5-18(3,4)17(20)22-12-11-21-16(19)10-9-15-8-6-7-14(2)13-15/h6-10,13H,5,11-12H2,1-4H3/b10-9+. The molecule has 0 N–H and O–H groups in total. The van der Waals surface area contributed by atoms with Gasteiger partial charge in [0.15, 0.2) is 0 Å². The van der Waals surface area contributed by atoms with E-state index in [2.05, 4.69) is 0 Å². The Morgan fingerprint density at radius 3 is 2.50 bits per heavy atom. The van der Waals surface area contributed by atoms with Gasteiger partial charge >= 0.3 is 11.9 Å². The van der Waals surface area contributed by atoms with Crippen LogP contribution in [-0.2, 0) is 19.1 Å². The minimum Gasteiger partial charge on any atom is -0.462 e. The van der Waals surface area contributed by atoms with E-state index >= 15 is 0 Å². The number of carbonyl (C=O) groups excluding carboxylic acids is 2. The molecule has 0 fully saturated rings. The quantitative estimate of drug-likeness (QED) is 0.439. The maximum atomic E-state index is 11.7. The molecule has 0 amide bonds. The lowest BCUT2D eigenvalue weighted by molar-refractivity contribution is -0.157. The SMILES string of the molecule is CCC(C)(C)C(=O)OCCOC(=O)/C=C/c1cccc(C)c1. The third-order valence-corrected chi connectivity index (χ3v) is 3.45. The van der Waals surface area contributed by atoms with Gasteiger partial charge in [-0.05, 0) is 38.8 Å². The van der Waals surface area contributed by atoms with Crippen LogP contribution in [0.15, 0.2) is 30.3 Å². The van der Waals surface area contributed by atoms with Crippen molar-refractivity contribution in [3.05, 3.63) is 41.5 Å². The van der Waals surface area contributed by atoms with Crippen LogP contribution in [0.5, 0.6) is 0 Å². The Hall–Kier alpha value is -2.10. The van der Waals surface area contributed by atoms with Gasteiger partial charge in [0, 0.05) is 6.08 Å². The van der Waals surface area contributed by atoms with Crippen molar-refractivity contribution in [2.45, 2.75) is 34.1 Å². The van der Waals surface area contributed by atoms with Gasteiger partial charge < -0.3 is 9.47 Å². The van der Waals surface area contributed by atoms with Crippen molar-refractivity contribution in [1.29, 1.82) is 0 Å². The Bertz CT molecular complexity index is 544. The summed E-state index contributed by atoms with van der Waals surface area (Å²) in [5.74, 6) is -0.728. The van der Waals surface area contributed by atoms with Gasteiger partial charge in [-0.25, -0.2) is 4.79 Å². The molecule has 1 aromatic carbocycles. The molecule has 0 bridgehead atoms. The summed E-state index contributed by atoms with van der Waals surface area (Å²) in [6.45, 7) is 7.70. The number of hydrogen-bond acceptors (Lipinski definition) is 4. The first-order valence-electron chi connectivity index (χ1n) is 7.44. The van der Waals surface area contributed by atoms with Crippen molar-refractivity contribution in [2.24, 2.45) is 5.41 Å². The lowest BCUT2D eigenvalue weighted by Crippen LogP contribution is -2.27. The maximum absolute atomic E-state index is 11.7. The van der Waals surface area contributed by atoms with Crippen molar-refractivity contribution in [2.75, 3.05) is 13.2 Å². The average molecular weight is 304 g/mol. The highest BCUT2D eigenvalue weighted by Gasteiger charge is 2.26. The third kappa shape index (κ3) is 6.12. The summed E-state index contributed by atoms with van der Waals surface area (Å²) < 4.78 is 10.1. The molecule has 0 atom stereocenters. The Morgan fingerprint density at radius 1 is 1.18 bits per heavy atom. The van der Waals surface area contributed by atoms with Crippen LogP contribution in [0.1, 0.15) is 38.3 Å². The van der Waals surface area contributed by atoms with E-state index in [0.29, 0.717) is 6.42 Å². The van der Waals surface area contributed by atoms with Crippen LogP contribution >= 0.6 is 0 Å². The molecule has 0 heterocycles. The van der Waals surface area contributed by atoms with Gasteiger partial charge in [-0.3, -0.25) is 4.79 Å². The zero-order chi connectivity index (χ0) is 16.6. The van der Waals surface area contributed by atoms with E-state index in [1.54, 1.807) is 6.08 Å². The average Bonchev–Trinajstić information content (AvgIpc) is 2.49. The van der Waals surface area contributed by atoms with E-state index in [1.165, 1.54) is 6.08 Å². The fraction of sp³-hybridized carbons (Fsp3) is 0.444. The molecule has 0 aliphatic heterocycles. The van der Waals surface area contributed by atoms with Crippen LogP contribution in [0, 0.1) is 12.3 Å². The highest BCUT2D eigenvalue weighted by Crippen LogP contribution is 2.21. The molecule has 1 aromatic rings. The molecule has 22 heavy (non-hydrogen) atoms. The first kappa shape index (κ1) is 18.0. The topological polar surface area (TPSA) is 52.6 Å². The van der Waals surface area contributed by atoms with E-state index in [4.69, 9.17) is 9.47 Å². The van der Waals surface area contributed by atoms with Crippen molar-refractivity contribution < 1.29 is 19.1 Å². The van der Waals surface area contributed by atoms with Crippen LogP contribution in [0.4, 0.5) is 0 Å². The van der Waals surface area contributed by atoms with E-state index in [0.717, 1.165) is 11.1 Å². The van der Waals surface area contributed by atoms with Gasteiger partial charge in [0.05, 0.1) is 5.41 Å². The molecular weight excluding hydrogens is 280 g/mol. The summed E-state index contributed by atoms with van der Waals surface area (Å²) in [4.78, 5) is 23.3. The molecule has 120 valence electrons. The predicted octanol–water partition coefficient (Wildman–Crippen LogP) is 3.53. The molecular formula is C18H24O4. The Kier molecular flexibility index (Phi) is 6.83. The number of rotatable bonds is 7. The zero-order valence-corrected chi connectivity index (χ0v) is 13.7. The summed E-state index contributed by atoms with van der Waals surface area (Å²) in [6, 6.07) is 7.79. The van der Waals surface area contributed by atoms with Crippen LogP contribution in [0.25, 0.3) is 6.08 Å². The van der Waals surface area contributed by atoms with E-state index in [-0.39, 0.29) is 19.2 Å². The van der Waals surface area contributed by atoms with E-state index in [1.807, 2.05) is 52.0 Å². The highest BCUT2D eigenvalue weighted by atomic mass is 16.6. The molecule has 0 saturated heterocycles. The lowest BCUT2D eigenvalue weighted by Gasteiger charge is -2.20. The molecule has 4 heteroatoms. The normalized spacial score (nSPS) is 11.5. The summed E-state index contributed by atoms with van der Waals surface area (Å²) in [6.07, 6.45) is 3.76. The number of benzene rings is 1. The van der Waals surface area contributed by atoms with Crippen LogP contribution in [-0.4, -0.2) is 25.2 Å². The molecule has 0 unspecified atom stereocenters. The van der Waals surface area contributed by atoms with E-state index < -0.39 is 11.4 Å². The highest BCUT2D eigenvalue weighted by molar-refractivity contribution is 5.87. The molecule has 0 aromatic heterocycles. The van der Waals surface area contributed by atoms with Crippen LogP contribution < -0.4 is 0 Å². The Balaban J connectivity index is 2.31. The zero-order valence-electron chi connectivity index (χ0n) is 13.7. The molecule has 0 radical (unpaired) electrons. The number of ether oxygens (including phenoxy) is 2. The first-order chi connectivity index (χ1) is 10.3. The van der Waals surface area contributed by atoms with Crippen molar-refractivity contribution in [3.8, 4) is 0 Å². The van der Waals surface area contributed by atoms with Gasteiger partial charge in [-0.2, -0.15) is 0 Å². The minimum atomic E-state index is -0.505. The number of esters is 2. The molecule has 1 rings (SSSR count). The second-order valence-corrected chi connectivity index (χ2v) is 5.79. The molecule has 0 aliphatic carbocycles. The predicted molar refractivity (Wildman–Crippen MR) is 86.2 cm³/mol. The Labute approximate surface area is 132 Å². The molecule has 0 aliphatic rings. The monoisotopic (exact) mass is 304 g/mol. The van der Waals surface area contributed by atoms with Gasteiger partial charge in [0.25, 0.3) is 0 Å². The third-order valence-electron chi connectivity index (χ3n) is 3.45. The second-order valence-electron chi connectivity index (χ2n) is 5.79. The number of aryl methyl sites for hydroxylation is 1. The minimum absolute atomic E-state index is 0.0581. The maximum Gasteiger partial charge on any atom is 0.330 e. The lowest BCUT2D eigenvalue weighted by atomic mass is 9.91. The largest absolute Gasteiger partial charge is 0.462 e. The van der Waals surface area contributed by atoms with Crippen LogP contribution in [0.2, 0.25) is 0 Å². The fourth-order valence-corrected chi connectivity index (χ4v) is 1.60. The van der Waals surface area contributed by atoms with Gasteiger partial charge in [0.2, 0.25) is 0 Å². The number of hydrogen-bond donors (Lipinski definition) is 0. The summed E-state index contributed by atoms with van der Waals surface area (Å²) in [7, 11) is 0. The smallest absolute Gasteiger partial charge is 0.330 e. The van der Waals surface area contributed by atoms with Gasteiger partial charge in [-0.15, -0.1) is 0 Å². The number of carbonyl (C=O) groups is 2. The molecule has 0 saturated carbocycles.